The number of nitrogen functional groups attached to an aromatic ring is 1. The van der Waals surface area contributed by atoms with E-state index in [1.807, 2.05) is 25.1 Å². The third kappa shape index (κ3) is 2.91. The van der Waals surface area contributed by atoms with Gasteiger partial charge in [0.25, 0.3) is 0 Å². The molecule has 4 heteroatoms. The Morgan fingerprint density at radius 3 is 2.82 bits per heavy atom. The van der Waals surface area contributed by atoms with Crippen LogP contribution < -0.4 is 11.1 Å². The van der Waals surface area contributed by atoms with E-state index in [-0.39, 0.29) is 0 Å². The van der Waals surface area contributed by atoms with Gasteiger partial charge in [0.1, 0.15) is 5.82 Å². The van der Waals surface area contributed by atoms with Crippen LogP contribution in [0.4, 0.5) is 17.2 Å². The Bertz CT molecular complexity index is 526. The highest BCUT2D eigenvalue weighted by molar-refractivity contribution is 7.98. The molecular weight excluding hydrogens is 230 g/mol. The van der Waals surface area contributed by atoms with Gasteiger partial charge in [-0.05, 0) is 36.9 Å². The van der Waals surface area contributed by atoms with Crippen molar-refractivity contribution in [2.45, 2.75) is 11.8 Å². The van der Waals surface area contributed by atoms with Gasteiger partial charge < -0.3 is 11.1 Å². The van der Waals surface area contributed by atoms with Gasteiger partial charge >= 0.3 is 0 Å². The summed E-state index contributed by atoms with van der Waals surface area (Å²) in [5, 5.41) is 3.24. The van der Waals surface area contributed by atoms with Crippen molar-refractivity contribution >= 4 is 29.0 Å². The zero-order chi connectivity index (χ0) is 12.3. The molecule has 0 atom stereocenters. The highest BCUT2D eigenvalue weighted by atomic mass is 32.2. The van der Waals surface area contributed by atoms with Crippen molar-refractivity contribution in [1.29, 1.82) is 0 Å². The van der Waals surface area contributed by atoms with Gasteiger partial charge in [-0.15, -0.1) is 11.8 Å². The molecular formula is C13H15N3S. The quantitative estimate of drug-likeness (QED) is 0.813. The fourth-order valence-electron chi connectivity index (χ4n) is 1.46. The van der Waals surface area contributed by atoms with E-state index >= 15 is 0 Å². The van der Waals surface area contributed by atoms with Crippen LogP contribution in [0.15, 0.2) is 41.4 Å². The van der Waals surface area contributed by atoms with Crippen molar-refractivity contribution in [3.05, 3.63) is 42.1 Å². The van der Waals surface area contributed by atoms with Gasteiger partial charge in [0.2, 0.25) is 0 Å². The normalized spacial score (nSPS) is 10.2. The van der Waals surface area contributed by atoms with Crippen LogP contribution in [0.5, 0.6) is 0 Å². The number of rotatable bonds is 3. The SMILES string of the molecule is CSc1cccc(Nc2cc(N)c(C)cn2)c1. The molecule has 0 radical (unpaired) electrons. The van der Waals surface area contributed by atoms with E-state index in [4.69, 9.17) is 5.73 Å². The first-order valence-corrected chi connectivity index (χ1v) is 6.54. The minimum atomic E-state index is 0.753. The number of hydrogen-bond donors (Lipinski definition) is 2. The molecule has 17 heavy (non-hydrogen) atoms. The van der Waals surface area contributed by atoms with E-state index in [2.05, 4.69) is 28.7 Å². The standard InChI is InChI=1S/C13H15N3S/c1-9-8-15-13(7-12(9)14)16-10-4-3-5-11(6-10)17-2/h3-8H,1-2H3,(H3,14,15,16). The molecule has 88 valence electrons. The summed E-state index contributed by atoms with van der Waals surface area (Å²) in [6.07, 6.45) is 3.83. The van der Waals surface area contributed by atoms with Crippen LogP contribution in [0.3, 0.4) is 0 Å². The van der Waals surface area contributed by atoms with Crippen molar-refractivity contribution in [2.24, 2.45) is 0 Å². The molecule has 2 rings (SSSR count). The number of nitrogens with two attached hydrogens (primary N) is 1. The summed E-state index contributed by atoms with van der Waals surface area (Å²) in [4.78, 5) is 5.51. The summed E-state index contributed by atoms with van der Waals surface area (Å²) >= 11 is 1.71. The minimum Gasteiger partial charge on any atom is -0.398 e. The molecule has 0 saturated heterocycles. The molecule has 0 aliphatic rings. The molecule has 0 saturated carbocycles. The molecule has 1 aromatic heterocycles. The third-order valence-corrected chi connectivity index (χ3v) is 3.21. The number of nitrogens with one attached hydrogen (secondary N) is 1. The maximum absolute atomic E-state index is 5.85. The average Bonchev–Trinajstić information content (AvgIpc) is 2.34. The zero-order valence-corrected chi connectivity index (χ0v) is 10.7. The molecule has 0 unspecified atom stereocenters. The minimum absolute atomic E-state index is 0.753. The molecule has 0 spiro atoms. The Hall–Kier alpha value is -1.68. The lowest BCUT2D eigenvalue weighted by Gasteiger charge is -2.08. The van der Waals surface area contributed by atoms with Gasteiger partial charge in [0.05, 0.1) is 0 Å². The number of nitrogens with zero attached hydrogens (tertiary/aromatic N) is 1. The first kappa shape index (κ1) is 11.8. The molecule has 0 bridgehead atoms. The number of aryl methyl sites for hydroxylation is 1. The number of aromatic nitrogens is 1. The van der Waals surface area contributed by atoms with Crippen LogP contribution in [0.1, 0.15) is 5.56 Å². The molecule has 0 aliphatic heterocycles. The lowest BCUT2D eigenvalue weighted by Crippen LogP contribution is -1.97. The molecule has 1 aromatic carbocycles. The van der Waals surface area contributed by atoms with Gasteiger partial charge in [-0.3, -0.25) is 0 Å². The van der Waals surface area contributed by atoms with E-state index in [0.29, 0.717) is 0 Å². The largest absolute Gasteiger partial charge is 0.398 e. The first-order valence-electron chi connectivity index (χ1n) is 5.32. The lowest BCUT2D eigenvalue weighted by molar-refractivity contribution is 1.26. The van der Waals surface area contributed by atoms with Gasteiger partial charge in [0.15, 0.2) is 0 Å². The zero-order valence-electron chi connectivity index (χ0n) is 9.90. The fourth-order valence-corrected chi connectivity index (χ4v) is 1.92. The molecule has 1 heterocycles. The molecule has 3 nitrogen and oxygen atoms in total. The monoisotopic (exact) mass is 245 g/mol. The summed E-state index contributed by atoms with van der Waals surface area (Å²) < 4.78 is 0. The van der Waals surface area contributed by atoms with E-state index in [1.165, 1.54) is 4.90 Å². The number of pyridine rings is 1. The van der Waals surface area contributed by atoms with Gasteiger partial charge in [-0.25, -0.2) is 4.98 Å². The second kappa shape index (κ2) is 5.10. The Kier molecular flexibility index (Phi) is 3.54. The molecule has 0 amide bonds. The highest BCUT2D eigenvalue weighted by Gasteiger charge is 2.00. The maximum Gasteiger partial charge on any atom is 0.132 e. The Balaban J connectivity index is 2.22. The highest BCUT2D eigenvalue weighted by Crippen LogP contribution is 2.22. The summed E-state index contributed by atoms with van der Waals surface area (Å²) in [6.45, 7) is 1.94. The number of benzene rings is 1. The second-order valence-electron chi connectivity index (χ2n) is 3.78. The van der Waals surface area contributed by atoms with Crippen LogP contribution in [-0.4, -0.2) is 11.2 Å². The van der Waals surface area contributed by atoms with Gasteiger partial charge in [-0.2, -0.15) is 0 Å². The Morgan fingerprint density at radius 2 is 2.12 bits per heavy atom. The Labute approximate surface area is 105 Å². The van der Waals surface area contributed by atoms with Crippen LogP contribution in [-0.2, 0) is 0 Å². The van der Waals surface area contributed by atoms with Crippen molar-refractivity contribution in [3.8, 4) is 0 Å². The van der Waals surface area contributed by atoms with E-state index in [9.17, 15) is 0 Å². The lowest BCUT2D eigenvalue weighted by atomic mass is 10.2. The molecule has 0 fully saturated rings. The van der Waals surface area contributed by atoms with Crippen LogP contribution in [0.2, 0.25) is 0 Å². The Morgan fingerprint density at radius 1 is 1.29 bits per heavy atom. The fraction of sp³-hybridized carbons (Fsp3) is 0.154. The predicted octanol–water partition coefficient (Wildman–Crippen LogP) is 3.44. The summed E-state index contributed by atoms with van der Waals surface area (Å²) in [5.41, 5.74) is 8.61. The summed E-state index contributed by atoms with van der Waals surface area (Å²) in [7, 11) is 0. The van der Waals surface area contributed by atoms with Crippen molar-refractivity contribution < 1.29 is 0 Å². The van der Waals surface area contributed by atoms with Crippen molar-refractivity contribution in [3.63, 3.8) is 0 Å². The van der Waals surface area contributed by atoms with Gasteiger partial charge in [-0.1, -0.05) is 6.07 Å². The average molecular weight is 245 g/mol. The van der Waals surface area contributed by atoms with Crippen LogP contribution in [0.25, 0.3) is 0 Å². The number of anilines is 3. The van der Waals surface area contributed by atoms with Crippen molar-refractivity contribution in [1.82, 2.24) is 4.98 Å². The second-order valence-corrected chi connectivity index (χ2v) is 4.66. The van der Waals surface area contributed by atoms with E-state index in [1.54, 1.807) is 18.0 Å². The van der Waals surface area contributed by atoms with Gasteiger partial charge in [0, 0.05) is 28.5 Å². The van der Waals surface area contributed by atoms with E-state index in [0.717, 1.165) is 22.8 Å². The number of thioether (sulfide) groups is 1. The maximum atomic E-state index is 5.85. The molecule has 0 aliphatic carbocycles. The first-order chi connectivity index (χ1) is 8.19. The predicted molar refractivity (Wildman–Crippen MR) is 74.9 cm³/mol. The van der Waals surface area contributed by atoms with Crippen LogP contribution in [0, 0.1) is 6.92 Å². The topological polar surface area (TPSA) is 50.9 Å². The van der Waals surface area contributed by atoms with Crippen LogP contribution >= 0.6 is 11.8 Å². The molecule has 2 aromatic rings. The smallest absolute Gasteiger partial charge is 0.132 e. The molecule has 3 N–H and O–H groups in total. The summed E-state index contributed by atoms with van der Waals surface area (Å²) in [6, 6.07) is 10.0. The number of hydrogen-bond acceptors (Lipinski definition) is 4. The summed E-state index contributed by atoms with van der Waals surface area (Å²) in [5.74, 6) is 0.770. The van der Waals surface area contributed by atoms with E-state index < -0.39 is 0 Å². The third-order valence-electron chi connectivity index (χ3n) is 2.49. The van der Waals surface area contributed by atoms with Crippen molar-refractivity contribution in [2.75, 3.05) is 17.3 Å².